The van der Waals surface area contributed by atoms with E-state index in [-0.39, 0.29) is 18.5 Å². The largest absolute Gasteiger partial charge is 0.457 e. The zero-order valence-electron chi connectivity index (χ0n) is 33.8. The normalized spacial score (nSPS) is 13.3. The Kier molecular flexibility index (Phi) is 34.5. The lowest BCUT2D eigenvalue weighted by atomic mass is 10.0. The molecule has 294 valence electrons. The summed E-state index contributed by atoms with van der Waals surface area (Å²) >= 11 is 0. The molecule has 2 unspecified atom stereocenters. The lowest BCUT2D eigenvalue weighted by Gasteiger charge is -2.34. The van der Waals surface area contributed by atoms with Gasteiger partial charge in [-0.05, 0) is 91.4 Å². The van der Waals surface area contributed by atoms with Crippen molar-refractivity contribution in [2.24, 2.45) is 0 Å². The number of nitrogens with one attached hydrogen (secondary N) is 1. The first-order chi connectivity index (χ1) is 24.3. The van der Waals surface area contributed by atoms with Crippen LogP contribution in [0.1, 0.15) is 221 Å². The second-order valence-electron chi connectivity index (χ2n) is 15.3. The van der Waals surface area contributed by atoms with Gasteiger partial charge in [0.2, 0.25) is 0 Å². The fourth-order valence-corrected chi connectivity index (χ4v) is 6.19. The standard InChI is InChI=1S/C44H83NO5/c1-6-8-10-12-14-16-18-20-22-24-26-28-30-32-34-36-41(47)49-40(3)43(45-44(4,5)38-39-46)50-42(48)37-35-33-31-29-27-25-23-21-19-17-15-13-11-9-7-2/h20-23,40,43,45-46H,6-19,24-39H2,1-5H3/b22-20-,23-21-. The van der Waals surface area contributed by atoms with E-state index in [1.54, 1.807) is 6.92 Å². The van der Waals surface area contributed by atoms with Gasteiger partial charge in [-0.2, -0.15) is 0 Å². The summed E-state index contributed by atoms with van der Waals surface area (Å²) in [6.07, 6.45) is 40.7. The van der Waals surface area contributed by atoms with Crippen LogP contribution in [0.5, 0.6) is 0 Å². The van der Waals surface area contributed by atoms with Crippen LogP contribution < -0.4 is 5.32 Å². The van der Waals surface area contributed by atoms with E-state index in [0.29, 0.717) is 19.3 Å². The van der Waals surface area contributed by atoms with E-state index in [1.807, 2.05) is 13.8 Å². The number of carbonyl (C=O) groups excluding carboxylic acids is 2. The molecule has 6 nitrogen and oxygen atoms in total. The third-order valence-corrected chi connectivity index (χ3v) is 9.56. The van der Waals surface area contributed by atoms with Crippen LogP contribution in [0.4, 0.5) is 0 Å². The maximum absolute atomic E-state index is 12.8. The zero-order valence-corrected chi connectivity index (χ0v) is 33.8. The summed E-state index contributed by atoms with van der Waals surface area (Å²) < 4.78 is 11.6. The van der Waals surface area contributed by atoms with Crippen molar-refractivity contribution in [3.8, 4) is 0 Å². The predicted molar refractivity (Wildman–Crippen MR) is 213 cm³/mol. The quantitative estimate of drug-likeness (QED) is 0.0290. The van der Waals surface area contributed by atoms with E-state index in [9.17, 15) is 14.7 Å². The van der Waals surface area contributed by atoms with Gasteiger partial charge in [-0.3, -0.25) is 14.9 Å². The molecule has 0 aromatic heterocycles. The van der Waals surface area contributed by atoms with Crippen molar-refractivity contribution < 1.29 is 24.2 Å². The molecule has 0 bridgehead atoms. The van der Waals surface area contributed by atoms with E-state index >= 15 is 0 Å². The number of carbonyl (C=O) groups is 2. The van der Waals surface area contributed by atoms with Crippen molar-refractivity contribution in [2.75, 3.05) is 6.61 Å². The van der Waals surface area contributed by atoms with Gasteiger partial charge in [0.25, 0.3) is 0 Å². The topological polar surface area (TPSA) is 84.9 Å². The van der Waals surface area contributed by atoms with Crippen LogP contribution in [0.2, 0.25) is 0 Å². The van der Waals surface area contributed by atoms with Gasteiger partial charge in [0.15, 0.2) is 6.23 Å². The predicted octanol–water partition coefficient (Wildman–Crippen LogP) is 12.6. The Morgan fingerprint density at radius 1 is 0.560 bits per heavy atom. The molecule has 0 aliphatic rings. The van der Waals surface area contributed by atoms with Crippen LogP contribution >= 0.6 is 0 Å². The molecule has 0 saturated heterocycles. The fourth-order valence-electron chi connectivity index (χ4n) is 6.19. The number of aliphatic hydroxyl groups is 1. The fraction of sp³-hybridized carbons (Fsp3) is 0.864. The highest BCUT2D eigenvalue weighted by Gasteiger charge is 2.30. The SMILES string of the molecule is CCCCCCCC/C=C\CCCCCCCC(=O)OC(C)C(NC(C)(C)CCO)OC(=O)CCCCCCC/C=C\CCCCCCCC. The van der Waals surface area contributed by atoms with Crippen LogP contribution in [-0.4, -0.2) is 41.5 Å². The monoisotopic (exact) mass is 706 g/mol. The second kappa shape index (κ2) is 35.7. The van der Waals surface area contributed by atoms with Crippen molar-refractivity contribution in [3.63, 3.8) is 0 Å². The molecule has 0 fully saturated rings. The summed E-state index contributed by atoms with van der Waals surface area (Å²) in [5, 5.41) is 12.8. The van der Waals surface area contributed by atoms with Gasteiger partial charge < -0.3 is 14.6 Å². The van der Waals surface area contributed by atoms with Crippen molar-refractivity contribution in [2.45, 2.75) is 239 Å². The molecule has 2 N–H and O–H groups in total. The summed E-state index contributed by atoms with van der Waals surface area (Å²) in [6.45, 7) is 10.2. The van der Waals surface area contributed by atoms with E-state index in [4.69, 9.17) is 9.47 Å². The highest BCUT2D eigenvalue weighted by Crippen LogP contribution is 2.17. The van der Waals surface area contributed by atoms with E-state index < -0.39 is 17.9 Å². The number of hydrogen-bond donors (Lipinski definition) is 2. The minimum Gasteiger partial charge on any atom is -0.457 e. The molecule has 0 aliphatic heterocycles. The Hall–Kier alpha value is -1.66. The second-order valence-corrected chi connectivity index (χ2v) is 15.3. The summed E-state index contributed by atoms with van der Waals surface area (Å²) in [4.78, 5) is 25.4. The molecule has 0 heterocycles. The van der Waals surface area contributed by atoms with Crippen LogP contribution in [-0.2, 0) is 19.1 Å². The summed E-state index contributed by atoms with van der Waals surface area (Å²) in [7, 11) is 0. The van der Waals surface area contributed by atoms with Gasteiger partial charge >= 0.3 is 11.9 Å². The number of rotatable bonds is 37. The lowest BCUT2D eigenvalue weighted by molar-refractivity contribution is -0.171. The molecule has 0 rings (SSSR count). The van der Waals surface area contributed by atoms with Crippen molar-refractivity contribution in [3.05, 3.63) is 24.3 Å². The number of esters is 2. The number of aliphatic hydroxyl groups excluding tert-OH is 1. The first-order valence-corrected chi connectivity index (χ1v) is 21.3. The highest BCUT2D eigenvalue weighted by atomic mass is 16.6. The summed E-state index contributed by atoms with van der Waals surface area (Å²) in [5.74, 6) is -0.532. The lowest BCUT2D eigenvalue weighted by Crippen LogP contribution is -2.53. The van der Waals surface area contributed by atoms with Gasteiger partial charge in [0.05, 0.1) is 0 Å². The Bertz CT molecular complexity index is 823. The average Bonchev–Trinajstić information content (AvgIpc) is 3.07. The smallest absolute Gasteiger partial charge is 0.307 e. The number of ether oxygens (including phenoxy) is 2. The Morgan fingerprint density at radius 3 is 1.28 bits per heavy atom. The van der Waals surface area contributed by atoms with Gasteiger partial charge in [-0.15, -0.1) is 0 Å². The molecular formula is C44H83NO5. The van der Waals surface area contributed by atoms with Crippen molar-refractivity contribution in [1.29, 1.82) is 0 Å². The van der Waals surface area contributed by atoms with Crippen LogP contribution in [0, 0.1) is 0 Å². The van der Waals surface area contributed by atoms with Gasteiger partial charge in [0, 0.05) is 25.0 Å². The van der Waals surface area contributed by atoms with Crippen LogP contribution in [0.15, 0.2) is 24.3 Å². The summed E-state index contributed by atoms with van der Waals surface area (Å²) in [5.41, 5.74) is -0.479. The van der Waals surface area contributed by atoms with Gasteiger partial charge in [0.1, 0.15) is 6.10 Å². The molecule has 0 aliphatic carbocycles. The zero-order chi connectivity index (χ0) is 37.0. The first kappa shape index (κ1) is 48.3. The minimum atomic E-state index is -0.759. The third kappa shape index (κ3) is 33.5. The Balaban J connectivity index is 4.21. The van der Waals surface area contributed by atoms with Gasteiger partial charge in [-0.1, -0.05) is 141 Å². The van der Waals surface area contributed by atoms with Crippen LogP contribution in [0.25, 0.3) is 0 Å². The molecule has 0 aromatic rings. The highest BCUT2D eigenvalue weighted by molar-refractivity contribution is 5.70. The molecular weight excluding hydrogens is 622 g/mol. The van der Waals surface area contributed by atoms with Gasteiger partial charge in [-0.25, -0.2) is 0 Å². The molecule has 0 aromatic carbocycles. The van der Waals surface area contributed by atoms with E-state index in [1.165, 1.54) is 116 Å². The minimum absolute atomic E-state index is 0.0131. The number of allylic oxidation sites excluding steroid dienone is 4. The molecule has 6 heteroatoms. The molecule has 0 spiro atoms. The van der Waals surface area contributed by atoms with Crippen molar-refractivity contribution >= 4 is 11.9 Å². The molecule has 2 atom stereocenters. The number of hydrogen-bond acceptors (Lipinski definition) is 6. The average molecular weight is 706 g/mol. The van der Waals surface area contributed by atoms with E-state index in [2.05, 4.69) is 43.5 Å². The molecule has 0 radical (unpaired) electrons. The van der Waals surface area contributed by atoms with Crippen molar-refractivity contribution in [1.82, 2.24) is 5.32 Å². The maximum atomic E-state index is 12.8. The van der Waals surface area contributed by atoms with Crippen LogP contribution in [0.3, 0.4) is 0 Å². The molecule has 0 amide bonds. The molecule has 0 saturated carbocycles. The Labute approximate surface area is 310 Å². The van der Waals surface area contributed by atoms with E-state index in [0.717, 1.165) is 51.4 Å². The first-order valence-electron chi connectivity index (χ1n) is 21.3. The molecule has 50 heavy (non-hydrogen) atoms. The Morgan fingerprint density at radius 2 is 0.900 bits per heavy atom. The maximum Gasteiger partial charge on any atom is 0.307 e. The third-order valence-electron chi connectivity index (χ3n) is 9.56. The number of unbranched alkanes of at least 4 members (excludes halogenated alkanes) is 22. The summed E-state index contributed by atoms with van der Waals surface area (Å²) in [6, 6.07) is 0.